The maximum Gasteiger partial charge on any atom is 0.137 e. The van der Waals surface area contributed by atoms with E-state index in [1.807, 2.05) is 36.4 Å². The van der Waals surface area contributed by atoms with Gasteiger partial charge in [-0.15, -0.1) is 0 Å². The van der Waals surface area contributed by atoms with Gasteiger partial charge < -0.3 is 10.6 Å². The fraction of sp³-hybridized carbons (Fsp3) is 0.125. The van der Waals surface area contributed by atoms with Crippen molar-refractivity contribution in [2.75, 3.05) is 23.7 Å². The Bertz CT molecular complexity index is 778. The quantitative estimate of drug-likeness (QED) is 0.677. The van der Waals surface area contributed by atoms with Crippen LogP contribution in [0.25, 0.3) is 10.9 Å². The van der Waals surface area contributed by atoms with Gasteiger partial charge in [0.1, 0.15) is 12.1 Å². The van der Waals surface area contributed by atoms with E-state index in [9.17, 15) is 0 Å². The van der Waals surface area contributed by atoms with E-state index in [1.54, 1.807) is 6.07 Å². The van der Waals surface area contributed by atoms with Crippen LogP contribution in [0.3, 0.4) is 0 Å². The van der Waals surface area contributed by atoms with Crippen LogP contribution in [0.1, 0.15) is 0 Å². The Morgan fingerprint density at radius 2 is 1.64 bits per heavy atom. The average molecular weight is 333 g/mol. The monoisotopic (exact) mass is 332 g/mol. The molecule has 3 rings (SSSR count). The number of hydrogen-bond acceptors (Lipinski definition) is 4. The highest BCUT2D eigenvalue weighted by molar-refractivity contribution is 6.45. The zero-order chi connectivity index (χ0) is 15.4. The standard InChI is InChI=1S/C16H14Cl2N4/c17-13-7-6-12-15(14(13)18)21-10-22-16(12)20-9-8-19-11-4-2-1-3-5-11/h1-7,10,19H,8-9H2,(H,20,21,22). The minimum Gasteiger partial charge on any atom is -0.383 e. The molecular formula is C16H14Cl2N4. The van der Waals surface area contributed by atoms with E-state index >= 15 is 0 Å². The molecule has 0 saturated heterocycles. The number of anilines is 2. The summed E-state index contributed by atoms with van der Waals surface area (Å²) < 4.78 is 0. The molecule has 4 nitrogen and oxygen atoms in total. The molecule has 112 valence electrons. The first-order valence-electron chi connectivity index (χ1n) is 6.87. The van der Waals surface area contributed by atoms with Crippen molar-refractivity contribution in [3.05, 3.63) is 58.8 Å². The zero-order valence-corrected chi connectivity index (χ0v) is 13.2. The van der Waals surface area contributed by atoms with Crippen LogP contribution in [0.2, 0.25) is 10.0 Å². The van der Waals surface area contributed by atoms with Crippen LogP contribution in [-0.2, 0) is 0 Å². The summed E-state index contributed by atoms with van der Waals surface area (Å²) in [5, 5.41) is 8.42. The highest BCUT2D eigenvalue weighted by atomic mass is 35.5. The Hall–Kier alpha value is -2.04. The topological polar surface area (TPSA) is 49.8 Å². The summed E-state index contributed by atoms with van der Waals surface area (Å²) >= 11 is 12.2. The SMILES string of the molecule is Clc1ccc2c(NCCNc3ccccc3)ncnc2c1Cl. The second kappa shape index (κ2) is 6.81. The second-order valence-electron chi connectivity index (χ2n) is 4.70. The number of aromatic nitrogens is 2. The summed E-state index contributed by atoms with van der Waals surface area (Å²) in [5.74, 6) is 0.749. The molecule has 0 atom stereocenters. The summed E-state index contributed by atoms with van der Waals surface area (Å²) in [5.41, 5.74) is 1.74. The highest BCUT2D eigenvalue weighted by Crippen LogP contribution is 2.31. The van der Waals surface area contributed by atoms with Gasteiger partial charge in [0, 0.05) is 24.2 Å². The Labute approximate surface area is 138 Å². The number of nitrogens with zero attached hydrogens (tertiary/aromatic N) is 2. The van der Waals surface area contributed by atoms with Gasteiger partial charge in [-0.1, -0.05) is 41.4 Å². The lowest BCUT2D eigenvalue weighted by Crippen LogP contribution is -2.14. The summed E-state index contributed by atoms with van der Waals surface area (Å²) in [6.07, 6.45) is 1.48. The van der Waals surface area contributed by atoms with Crippen LogP contribution in [0.15, 0.2) is 48.8 Å². The Balaban J connectivity index is 1.68. The molecule has 0 spiro atoms. The molecule has 22 heavy (non-hydrogen) atoms. The molecule has 0 aliphatic rings. The summed E-state index contributed by atoms with van der Waals surface area (Å²) in [4.78, 5) is 8.47. The molecule has 1 heterocycles. The normalized spacial score (nSPS) is 10.6. The van der Waals surface area contributed by atoms with E-state index in [-0.39, 0.29) is 0 Å². The van der Waals surface area contributed by atoms with Crippen molar-refractivity contribution in [3.63, 3.8) is 0 Å². The maximum atomic E-state index is 6.18. The number of benzene rings is 2. The fourth-order valence-corrected chi connectivity index (χ4v) is 2.52. The number of halogens is 2. The number of hydrogen-bond donors (Lipinski definition) is 2. The zero-order valence-electron chi connectivity index (χ0n) is 11.7. The molecule has 0 saturated carbocycles. The first kappa shape index (κ1) is 14.9. The molecule has 0 radical (unpaired) electrons. The number of para-hydroxylation sites is 1. The van der Waals surface area contributed by atoms with Crippen molar-refractivity contribution in [1.82, 2.24) is 9.97 Å². The first-order valence-corrected chi connectivity index (χ1v) is 7.63. The third-order valence-electron chi connectivity index (χ3n) is 3.22. The molecule has 1 aromatic heterocycles. The van der Waals surface area contributed by atoms with Crippen LogP contribution < -0.4 is 10.6 Å². The Morgan fingerprint density at radius 1 is 0.864 bits per heavy atom. The lowest BCUT2D eigenvalue weighted by Gasteiger charge is -2.10. The van der Waals surface area contributed by atoms with Crippen LogP contribution in [-0.4, -0.2) is 23.1 Å². The smallest absolute Gasteiger partial charge is 0.137 e. The van der Waals surface area contributed by atoms with E-state index in [1.165, 1.54) is 6.33 Å². The highest BCUT2D eigenvalue weighted by Gasteiger charge is 2.09. The molecule has 2 N–H and O–H groups in total. The molecule has 2 aromatic carbocycles. The van der Waals surface area contributed by atoms with Crippen LogP contribution in [0, 0.1) is 0 Å². The summed E-state index contributed by atoms with van der Waals surface area (Å²) in [6, 6.07) is 13.7. The van der Waals surface area contributed by atoms with Crippen molar-refractivity contribution >= 4 is 45.6 Å². The molecule has 6 heteroatoms. The van der Waals surface area contributed by atoms with Crippen molar-refractivity contribution in [1.29, 1.82) is 0 Å². The van der Waals surface area contributed by atoms with Gasteiger partial charge >= 0.3 is 0 Å². The van der Waals surface area contributed by atoms with Gasteiger partial charge in [0.05, 0.1) is 15.6 Å². The summed E-state index contributed by atoms with van der Waals surface area (Å²) in [7, 11) is 0. The Morgan fingerprint density at radius 3 is 2.45 bits per heavy atom. The summed E-state index contributed by atoms with van der Waals surface area (Å²) in [6.45, 7) is 1.50. The van der Waals surface area contributed by atoms with E-state index in [4.69, 9.17) is 23.2 Å². The predicted molar refractivity (Wildman–Crippen MR) is 93.0 cm³/mol. The first-order chi connectivity index (χ1) is 10.8. The van der Waals surface area contributed by atoms with Gasteiger partial charge in [0.2, 0.25) is 0 Å². The number of nitrogens with one attached hydrogen (secondary N) is 2. The van der Waals surface area contributed by atoms with Gasteiger partial charge in [-0.25, -0.2) is 9.97 Å². The minimum atomic E-state index is 0.451. The third kappa shape index (κ3) is 3.24. The van der Waals surface area contributed by atoms with Gasteiger partial charge in [-0.3, -0.25) is 0 Å². The molecule has 0 amide bonds. The van der Waals surface area contributed by atoms with E-state index in [2.05, 4.69) is 20.6 Å². The largest absolute Gasteiger partial charge is 0.383 e. The number of rotatable bonds is 5. The molecule has 0 fully saturated rings. The molecule has 0 aliphatic heterocycles. The van der Waals surface area contributed by atoms with Gasteiger partial charge in [0.25, 0.3) is 0 Å². The molecule has 0 aliphatic carbocycles. The molecule has 0 unspecified atom stereocenters. The third-order valence-corrected chi connectivity index (χ3v) is 4.01. The van der Waals surface area contributed by atoms with Crippen molar-refractivity contribution in [2.24, 2.45) is 0 Å². The van der Waals surface area contributed by atoms with Crippen LogP contribution in [0.4, 0.5) is 11.5 Å². The van der Waals surface area contributed by atoms with Crippen molar-refractivity contribution in [2.45, 2.75) is 0 Å². The van der Waals surface area contributed by atoms with Crippen LogP contribution in [0.5, 0.6) is 0 Å². The molecule has 0 bridgehead atoms. The van der Waals surface area contributed by atoms with Gasteiger partial charge in [-0.05, 0) is 24.3 Å². The lowest BCUT2D eigenvalue weighted by atomic mass is 10.2. The van der Waals surface area contributed by atoms with Crippen LogP contribution >= 0.6 is 23.2 Å². The molecular weight excluding hydrogens is 319 g/mol. The molecule has 3 aromatic rings. The fourth-order valence-electron chi connectivity index (χ4n) is 2.16. The van der Waals surface area contributed by atoms with E-state index < -0.39 is 0 Å². The van der Waals surface area contributed by atoms with Gasteiger partial charge in [-0.2, -0.15) is 0 Å². The van der Waals surface area contributed by atoms with Crippen molar-refractivity contribution in [3.8, 4) is 0 Å². The maximum absolute atomic E-state index is 6.18. The van der Waals surface area contributed by atoms with E-state index in [0.717, 1.165) is 30.0 Å². The lowest BCUT2D eigenvalue weighted by molar-refractivity contribution is 1.06. The average Bonchev–Trinajstić information content (AvgIpc) is 2.56. The minimum absolute atomic E-state index is 0.451. The van der Waals surface area contributed by atoms with E-state index in [0.29, 0.717) is 15.6 Å². The second-order valence-corrected chi connectivity index (χ2v) is 5.48. The van der Waals surface area contributed by atoms with Gasteiger partial charge in [0.15, 0.2) is 0 Å². The number of fused-ring (bicyclic) bond motifs is 1. The van der Waals surface area contributed by atoms with Crippen molar-refractivity contribution < 1.29 is 0 Å². The Kier molecular flexibility index (Phi) is 4.61. The predicted octanol–water partition coefficient (Wildman–Crippen LogP) is 4.46.